The molecule has 1 rings (SSSR count). The SMILES string of the molecule is CC(C)(Cc1cc(F)cc(F)c1)NC(=O)CNC(=O)OC(C)(C)C. The molecule has 0 spiro atoms. The molecule has 0 unspecified atom stereocenters. The number of rotatable bonds is 5. The zero-order valence-corrected chi connectivity index (χ0v) is 14.6. The van der Waals surface area contributed by atoms with Gasteiger partial charge < -0.3 is 15.4 Å². The Balaban J connectivity index is 2.54. The molecule has 1 aromatic carbocycles. The van der Waals surface area contributed by atoms with Gasteiger partial charge in [-0.2, -0.15) is 0 Å². The van der Waals surface area contributed by atoms with Crippen LogP contribution < -0.4 is 10.6 Å². The summed E-state index contributed by atoms with van der Waals surface area (Å²) in [5.41, 5.74) is -0.966. The van der Waals surface area contributed by atoms with Gasteiger partial charge in [0.25, 0.3) is 0 Å². The largest absolute Gasteiger partial charge is 0.444 e. The third-order valence-corrected chi connectivity index (χ3v) is 2.84. The predicted molar refractivity (Wildman–Crippen MR) is 86.5 cm³/mol. The zero-order chi connectivity index (χ0) is 18.5. The van der Waals surface area contributed by atoms with E-state index in [1.807, 2.05) is 0 Å². The lowest BCUT2D eigenvalue weighted by atomic mass is 9.94. The van der Waals surface area contributed by atoms with Crippen molar-refractivity contribution in [3.05, 3.63) is 35.4 Å². The predicted octanol–water partition coefficient (Wildman–Crippen LogP) is 2.93. The lowest BCUT2D eigenvalue weighted by Crippen LogP contribution is -2.49. The molecule has 0 saturated heterocycles. The number of carbonyl (C=O) groups is 2. The molecule has 7 heteroatoms. The smallest absolute Gasteiger partial charge is 0.408 e. The molecule has 134 valence electrons. The van der Waals surface area contributed by atoms with Crippen LogP contribution in [-0.2, 0) is 16.0 Å². The van der Waals surface area contributed by atoms with Gasteiger partial charge in [-0.3, -0.25) is 4.79 Å². The number of halogens is 2. The highest BCUT2D eigenvalue weighted by molar-refractivity contribution is 5.82. The fourth-order valence-electron chi connectivity index (χ4n) is 2.16. The standard InChI is InChI=1S/C17H24F2N2O3/c1-16(2,3)24-15(23)20-10-14(22)21-17(4,5)9-11-6-12(18)8-13(19)7-11/h6-8H,9-10H2,1-5H3,(H,20,23)(H,21,22). The number of hydrogen-bond donors (Lipinski definition) is 2. The Morgan fingerprint density at radius 3 is 2.08 bits per heavy atom. The van der Waals surface area contributed by atoms with Crippen molar-refractivity contribution in [3.63, 3.8) is 0 Å². The summed E-state index contributed by atoms with van der Waals surface area (Å²) in [4.78, 5) is 23.4. The highest BCUT2D eigenvalue weighted by Gasteiger charge is 2.23. The van der Waals surface area contributed by atoms with Crippen LogP contribution in [0.15, 0.2) is 18.2 Å². The van der Waals surface area contributed by atoms with Gasteiger partial charge in [0.15, 0.2) is 0 Å². The maximum atomic E-state index is 13.2. The van der Waals surface area contributed by atoms with Gasteiger partial charge in [-0.05, 0) is 58.7 Å². The van der Waals surface area contributed by atoms with Crippen LogP contribution in [0.5, 0.6) is 0 Å². The van der Waals surface area contributed by atoms with Crippen LogP contribution in [0.2, 0.25) is 0 Å². The van der Waals surface area contributed by atoms with Gasteiger partial charge in [0.2, 0.25) is 5.91 Å². The van der Waals surface area contributed by atoms with E-state index >= 15 is 0 Å². The van der Waals surface area contributed by atoms with E-state index in [2.05, 4.69) is 10.6 Å². The van der Waals surface area contributed by atoms with Gasteiger partial charge in [-0.15, -0.1) is 0 Å². The fourth-order valence-corrected chi connectivity index (χ4v) is 2.16. The van der Waals surface area contributed by atoms with Crippen molar-refractivity contribution in [2.45, 2.75) is 52.2 Å². The van der Waals surface area contributed by atoms with E-state index in [-0.39, 0.29) is 13.0 Å². The second kappa shape index (κ2) is 7.59. The summed E-state index contributed by atoms with van der Waals surface area (Å²) in [6, 6.07) is 3.23. The van der Waals surface area contributed by atoms with Gasteiger partial charge in [0.1, 0.15) is 23.8 Å². The minimum Gasteiger partial charge on any atom is -0.444 e. The van der Waals surface area contributed by atoms with Crippen molar-refractivity contribution in [3.8, 4) is 0 Å². The molecule has 0 bridgehead atoms. The summed E-state index contributed by atoms with van der Waals surface area (Å²) in [5, 5.41) is 5.06. The van der Waals surface area contributed by atoms with Gasteiger partial charge in [-0.25, -0.2) is 13.6 Å². The summed E-state index contributed by atoms with van der Waals surface area (Å²) in [6.07, 6.45) is -0.456. The Kier molecular flexibility index (Phi) is 6.29. The van der Waals surface area contributed by atoms with Crippen molar-refractivity contribution in [1.29, 1.82) is 0 Å². The molecule has 0 aliphatic rings. The second-order valence-electron chi connectivity index (χ2n) is 7.24. The third kappa shape index (κ3) is 7.89. The molecule has 5 nitrogen and oxygen atoms in total. The molecule has 0 aliphatic carbocycles. The number of carbonyl (C=O) groups excluding carboxylic acids is 2. The first-order chi connectivity index (χ1) is 10.9. The van der Waals surface area contributed by atoms with Gasteiger partial charge in [-0.1, -0.05) is 0 Å². The van der Waals surface area contributed by atoms with E-state index in [9.17, 15) is 18.4 Å². The lowest BCUT2D eigenvalue weighted by Gasteiger charge is -2.27. The summed E-state index contributed by atoms with van der Waals surface area (Å²) >= 11 is 0. The quantitative estimate of drug-likeness (QED) is 0.864. The van der Waals surface area contributed by atoms with E-state index in [0.29, 0.717) is 5.56 Å². The van der Waals surface area contributed by atoms with E-state index in [4.69, 9.17) is 4.74 Å². The Labute approximate surface area is 140 Å². The molecular weight excluding hydrogens is 318 g/mol. The van der Waals surface area contributed by atoms with Crippen LogP contribution in [0.1, 0.15) is 40.2 Å². The monoisotopic (exact) mass is 342 g/mol. The maximum Gasteiger partial charge on any atom is 0.408 e. The number of nitrogens with one attached hydrogen (secondary N) is 2. The molecule has 2 N–H and O–H groups in total. The molecule has 0 atom stereocenters. The molecule has 24 heavy (non-hydrogen) atoms. The number of alkyl carbamates (subject to hydrolysis) is 1. The molecule has 0 fully saturated rings. The zero-order valence-electron chi connectivity index (χ0n) is 14.6. The van der Waals surface area contributed by atoms with Crippen LogP contribution in [-0.4, -0.2) is 29.7 Å². The van der Waals surface area contributed by atoms with E-state index < -0.39 is 34.8 Å². The summed E-state index contributed by atoms with van der Waals surface area (Å²) in [7, 11) is 0. The first-order valence-corrected chi connectivity index (χ1v) is 7.59. The first kappa shape index (κ1) is 19.9. The van der Waals surface area contributed by atoms with E-state index in [1.54, 1.807) is 34.6 Å². The minimum atomic E-state index is -0.743. The molecule has 2 amide bonds. The minimum absolute atomic E-state index is 0.236. The van der Waals surface area contributed by atoms with Crippen molar-refractivity contribution in [2.24, 2.45) is 0 Å². The lowest BCUT2D eigenvalue weighted by molar-refractivity contribution is -0.121. The van der Waals surface area contributed by atoms with Gasteiger partial charge >= 0.3 is 6.09 Å². The number of ether oxygens (including phenoxy) is 1. The molecule has 1 aromatic rings. The van der Waals surface area contributed by atoms with E-state index in [0.717, 1.165) is 6.07 Å². The van der Waals surface area contributed by atoms with Gasteiger partial charge in [0.05, 0.1) is 0 Å². The van der Waals surface area contributed by atoms with Crippen LogP contribution >= 0.6 is 0 Å². The van der Waals surface area contributed by atoms with Crippen LogP contribution in [0.25, 0.3) is 0 Å². The molecule has 0 heterocycles. The topological polar surface area (TPSA) is 67.4 Å². The van der Waals surface area contributed by atoms with Crippen LogP contribution in [0, 0.1) is 11.6 Å². The second-order valence-corrected chi connectivity index (χ2v) is 7.24. The van der Waals surface area contributed by atoms with Crippen LogP contribution in [0.3, 0.4) is 0 Å². The Hall–Kier alpha value is -2.18. The first-order valence-electron chi connectivity index (χ1n) is 7.59. The van der Waals surface area contributed by atoms with Crippen molar-refractivity contribution < 1.29 is 23.1 Å². The summed E-state index contributed by atoms with van der Waals surface area (Å²) < 4.78 is 31.5. The summed E-state index contributed by atoms with van der Waals surface area (Å²) in [5.74, 6) is -1.76. The fraction of sp³-hybridized carbons (Fsp3) is 0.529. The van der Waals surface area contributed by atoms with Crippen LogP contribution in [0.4, 0.5) is 13.6 Å². The van der Waals surface area contributed by atoms with E-state index in [1.165, 1.54) is 12.1 Å². The number of hydrogen-bond acceptors (Lipinski definition) is 3. The average molecular weight is 342 g/mol. The Morgan fingerprint density at radius 1 is 1.04 bits per heavy atom. The maximum absolute atomic E-state index is 13.2. The normalized spacial score (nSPS) is 11.8. The highest BCUT2D eigenvalue weighted by atomic mass is 19.1. The Bertz CT molecular complexity index is 590. The Morgan fingerprint density at radius 2 is 1.58 bits per heavy atom. The molecule has 0 radical (unpaired) electrons. The average Bonchev–Trinajstić information content (AvgIpc) is 2.31. The third-order valence-electron chi connectivity index (χ3n) is 2.84. The highest BCUT2D eigenvalue weighted by Crippen LogP contribution is 2.15. The number of amides is 2. The molecule has 0 aromatic heterocycles. The van der Waals surface area contributed by atoms with Crippen molar-refractivity contribution in [2.75, 3.05) is 6.54 Å². The molecule has 0 aliphatic heterocycles. The summed E-state index contributed by atoms with van der Waals surface area (Å²) in [6.45, 7) is 8.34. The number of benzene rings is 1. The molecular formula is C17H24F2N2O3. The van der Waals surface area contributed by atoms with Gasteiger partial charge in [0, 0.05) is 11.6 Å². The molecule has 0 saturated carbocycles. The van der Waals surface area contributed by atoms with Crippen molar-refractivity contribution >= 4 is 12.0 Å². The van der Waals surface area contributed by atoms with Crippen molar-refractivity contribution in [1.82, 2.24) is 10.6 Å².